The smallest absolute Gasteiger partial charge is 0.131 e. The van der Waals surface area contributed by atoms with Gasteiger partial charge in [-0.25, -0.2) is 0 Å². The van der Waals surface area contributed by atoms with E-state index < -0.39 is 0 Å². The minimum atomic E-state index is 0.382. The number of nitrogens with two attached hydrogens (primary N) is 1. The van der Waals surface area contributed by atoms with Gasteiger partial charge in [0.05, 0.1) is 0 Å². The van der Waals surface area contributed by atoms with Crippen LogP contribution in [-0.2, 0) is 12.8 Å². The van der Waals surface area contributed by atoms with E-state index in [0.717, 1.165) is 47.6 Å². The van der Waals surface area contributed by atoms with Crippen molar-refractivity contribution in [3.8, 4) is 17.2 Å². The van der Waals surface area contributed by atoms with Gasteiger partial charge in [-0.1, -0.05) is 0 Å². The number of fused-ring (bicyclic) bond motifs is 1. The van der Waals surface area contributed by atoms with Gasteiger partial charge in [0.1, 0.15) is 17.2 Å². The van der Waals surface area contributed by atoms with Crippen molar-refractivity contribution in [1.82, 2.24) is 0 Å². The molecule has 0 unspecified atom stereocenters. The number of anilines is 1. The molecule has 0 atom stereocenters. The lowest BCUT2D eigenvalue weighted by atomic mass is 10.1. The molecule has 0 amide bonds. The first kappa shape index (κ1) is 11.0. The van der Waals surface area contributed by atoms with Crippen LogP contribution in [-0.4, -0.2) is 5.11 Å². The molecule has 1 aliphatic carbocycles. The lowest BCUT2D eigenvalue weighted by Gasteiger charge is -2.11. The molecule has 2 aromatic carbocycles. The Hall–Kier alpha value is -2.16. The predicted molar refractivity (Wildman–Crippen MR) is 71.1 cm³/mol. The normalized spacial score (nSPS) is 13.3. The number of phenols is 1. The van der Waals surface area contributed by atoms with E-state index in [4.69, 9.17) is 10.5 Å². The summed E-state index contributed by atoms with van der Waals surface area (Å²) in [5.74, 6) is 1.99. The van der Waals surface area contributed by atoms with Gasteiger partial charge in [-0.15, -0.1) is 0 Å². The Labute approximate surface area is 106 Å². The highest BCUT2D eigenvalue weighted by Crippen LogP contribution is 2.38. The lowest BCUT2D eigenvalue weighted by molar-refractivity contribution is 0.457. The topological polar surface area (TPSA) is 55.5 Å². The van der Waals surface area contributed by atoms with Gasteiger partial charge in [-0.3, -0.25) is 0 Å². The number of aromatic hydroxyl groups is 1. The maximum Gasteiger partial charge on any atom is 0.131 e. The van der Waals surface area contributed by atoms with E-state index in [9.17, 15) is 5.11 Å². The zero-order valence-electron chi connectivity index (χ0n) is 10.0. The molecule has 0 spiro atoms. The molecule has 0 aliphatic heterocycles. The van der Waals surface area contributed by atoms with E-state index in [1.807, 2.05) is 30.3 Å². The Morgan fingerprint density at radius 1 is 0.944 bits per heavy atom. The summed E-state index contributed by atoms with van der Waals surface area (Å²) in [5, 5.41) is 9.79. The molecule has 3 nitrogen and oxygen atoms in total. The number of nitrogen functional groups attached to an aromatic ring is 1. The summed E-state index contributed by atoms with van der Waals surface area (Å²) >= 11 is 0. The van der Waals surface area contributed by atoms with Gasteiger partial charge in [0, 0.05) is 16.8 Å². The summed E-state index contributed by atoms with van der Waals surface area (Å²) < 4.78 is 5.86. The van der Waals surface area contributed by atoms with Gasteiger partial charge in [0.25, 0.3) is 0 Å². The second-order valence-corrected chi connectivity index (χ2v) is 4.56. The molecule has 0 bridgehead atoms. The molecule has 0 aromatic heterocycles. The van der Waals surface area contributed by atoms with Crippen molar-refractivity contribution in [2.45, 2.75) is 19.3 Å². The second kappa shape index (κ2) is 4.26. The fraction of sp³-hybridized carbons (Fsp3) is 0.200. The van der Waals surface area contributed by atoms with Gasteiger partial charge in [0.15, 0.2) is 0 Å². The summed E-state index contributed by atoms with van der Waals surface area (Å²) in [5.41, 5.74) is 8.52. The van der Waals surface area contributed by atoms with E-state index in [-0.39, 0.29) is 0 Å². The van der Waals surface area contributed by atoms with Crippen LogP contribution in [0.3, 0.4) is 0 Å². The van der Waals surface area contributed by atoms with Gasteiger partial charge >= 0.3 is 0 Å². The average Bonchev–Trinajstić information content (AvgIpc) is 2.86. The van der Waals surface area contributed by atoms with Crippen LogP contribution in [0, 0.1) is 0 Å². The van der Waals surface area contributed by atoms with Crippen molar-refractivity contribution in [2.75, 3.05) is 5.73 Å². The maximum atomic E-state index is 9.79. The van der Waals surface area contributed by atoms with Gasteiger partial charge in [-0.05, 0) is 55.7 Å². The monoisotopic (exact) mass is 241 g/mol. The molecule has 18 heavy (non-hydrogen) atoms. The fourth-order valence-electron chi connectivity index (χ4n) is 2.41. The van der Waals surface area contributed by atoms with Gasteiger partial charge in [-0.2, -0.15) is 0 Å². The van der Waals surface area contributed by atoms with Crippen LogP contribution in [0.2, 0.25) is 0 Å². The highest BCUT2D eigenvalue weighted by Gasteiger charge is 2.19. The quantitative estimate of drug-likeness (QED) is 0.793. The van der Waals surface area contributed by atoms with Crippen LogP contribution in [0.1, 0.15) is 17.5 Å². The molecule has 3 heteroatoms. The Morgan fingerprint density at radius 2 is 1.67 bits per heavy atom. The molecule has 2 aromatic rings. The van der Waals surface area contributed by atoms with Crippen LogP contribution in [0.15, 0.2) is 36.4 Å². The van der Waals surface area contributed by atoms with Crippen LogP contribution in [0.4, 0.5) is 5.69 Å². The number of benzene rings is 2. The first-order chi connectivity index (χ1) is 8.74. The predicted octanol–water partition coefficient (Wildman–Crippen LogP) is 3.26. The number of phenolic OH excluding ortho intramolecular Hbond substituents is 1. The van der Waals surface area contributed by atoms with Crippen molar-refractivity contribution in [1.29, 1.82) is 0 Å². The molecule has 1 aliphatic rings. The lowest BCUT2D eigenvalue weighted by Crippen LogP contribution is -1.92. The molecule has 0 heterocycles. The molecule has 0 saturated carbocycles. The zero-order chi connectivity index (χ0) is 12.5. The summed E-state index contributed by atoms with van der Waals surface area (Å²) in [6.45, 7) is 0. The third kappa shape index (κ3) is 1.88. The summed E-state index contributed by atoms with van der Waals surface area (Å²) in [7, 11) is 0. The van der Waals surface area contributed by atoms with E-state index in [1.165, 1.54) is 0 Å². The third-order valence-electron chi connectivity index (χ3n) is 3.32. The van der Waals surface area contributed by atoms with Crippen LogP contribution >= 0.6 is 0 Å². The first-order valence-electron chi connectivity index (χ1n) is 6.11. The van der Waals surface area contributed by atoms with Gasteiger partial charge < -0.3 is 15.6 Å². The molecule has 3 N–H and O–H groups in total. The molecular formula is C15H15NO2. The van der Waals surface area contributed by atoms with E-state index >= 15 is 0 Å². The van der Waals surface area contributed by atoms with Crippen molar-refractivity contribution < 1.29 is 9.84 Å². The molecule has 92 valence electrons. The number of hydrogen-bond donors (Lipinski definition) is 2. The molecule has 0 radical (unpaired) electrons. The summed E-state index contributed by atoms with van der Waals surface area (Å²) in [6, 6.07) is 10.9. The Kier molecular flexibility index (Phi) is 2.59. The number of ether oxygens (including phenoxy) is 1. The highest BCUT2D eigenvalue weighted by atomic mass is 16.5. The largest absolute Gasteiger partial charge is 0.508 e. The summed E-state index contributed by atoms with van der Waals surface area (Å²) in [6.07, 6.45) is 2.97. The van der Waals surface area contributed by atoms with Crippen LogP contribution in [0.5, 0.6) is 17.2 Å². The van der Waals surface area contributed by atoms with E-state index in [1.54, 1.807) is 6.07 Å². The second-order valence-electron chi connectivity index (χ2n) is 4.56. The Bertz CT molecular complexity index is 576. The maximum absolute atomic E-state index is 9.79. The molecule has 0 fully saturated rings. The molecule has 3 rings (SSSR count). The number of hydrogen-bond acceptors (Lipinski definition) is 3. The standard InChI is InChI=1S/C15H15NO2/c16-10-4-6-11(7-5-10)18-15-9-8-14(17)12-2-1-3-13(12)15/h4-9,17H,1-3,16H2. The number of rotatable bonds is 2. The first-order valence-corrected chi connectivity index (χ1v) is 6.11. The van der Waals surface area contributed by atoms with Crippen molar-refractivity contribution in [2.24, 2.45) is 0 Å². The van der Waals surface area contributed by atoms with Crippen molar-refractivity contribution >= 4 is 5.69 Å². The van der Waals surface area contributed by atoms with E-state index in [0.29, 0.717) is 5.75 Å². The Morgan fingerprint density at radius 3 is 2.44 bits per heavy atom. The molecular weight excluding hydrogens is 226 g/mol. The minimum absolute atomic E-state index is 0.382. The zero-order valence-corrected chi connectivity index (χ0v) is 10.0. The highest BCUT2D eigenvalue weighted by molar-refractivity contribution is 5.52. The fourth-order valence-corrected chi connectivity index (χ4v) is 2.41. The average molecular weight is 241 g/mol. The van der Waals surface area contributed by atoms with Crippen molar-refractivity contribution in [3.63, 3.8) is 0 Å². The minimum Gasteiger partial charge on any atom is -0.508 e. The van der Waals surface area contributed by atoms with Crippen molar-refractivity contribution in [3.05, 3.63) is 47.5 Å². The molecule has 0 saturated heterocycles. The van der Waals surface area contributed by atoms with E-state index in [2.05, 4.69) is 0 Å². The Balaban J connectivity index is 1.94. The summed E-state index contributed by atoms with van der Waals surface area (Å²) in [4.78, 5) is 0. The van der Waals surface area contributed by atoms with Crippen LogP contribution in [0.25, 0.3) is 0 Å². The van der Waals surface area contributed by atoms with Gasteiger partial charge in [0.2, 0.25) is 0 Å². The third-order valence-corrected chi connectivity index (χ3v) is 3.32. The SMILES string of the molecule is Nc1ccc(Oc2ccc(O)c3c2CCC3)cc1. The van der Waals surface area contributed by atoms with Crippen LogP contribution < -0.4 is 10.5 Å².